The van der Waals surface area contributed by atoms with Gasteiger partial charge in [-0.05, 0) is 89.1 Å². The molecule has 0 unspecified atom stereocenters. The van der Waals surface area contributed by atoms with Crippen molar-refractivity contribution >= 4 is 45.0 Å². The number of nitrogens with zero attached hydrogens (tertiary/aromatic N) is 1. The van der Waals surface area contributed by atoms with Crippen molar-refractivity contribution in [1.82, 2.24) is 15.8 Å². The third kappa shape index (κ3) is 7.73. The Morgan fingerprint density at radius 1 is 1.07 bits per heavy atom. The Bertz CT molecular complexity index is 1540. The predicted molar refractivity (Wildman–Crippen MR) is 174 cm³/mol. The molecule has 0 bridgehead atoms. The highest BCUT2D eigenvalue weighted by Gasteiger charge is 2.33. The molecular weight excluding hydrogens is 653 g/mol. The number of aryl methyl sites for hydroxylation is 1. The second-order valence-corrected chi connectivity index (χ2v) is 12.2. The fourth-order valence-corrected chi connectivity index (χ4v) is 6.86. The first-order chi connectivity index (χ1) is 20.8. The lowest BCUT2D eigenvalue weighted by molar-refractivity contribution is -0.118. The Morgan fingerprint density at radius 2 is 1.79 bits per heavy atom. The summed E-state index contributed by atoms with van der Waals surface area (Å²) in [5.74, 6) is 2.28. The number of piperidine rings is 1. The number of carbonyl (C=O) groups is 1. The van der Waals surface area contributed by atoms with Crippen LogP contribution in [0.1, 0.15) is 47.6 Å². The number of halogens is 3. The maximum atomic E-state index is 11.4. The highest BCUT2D eigenvalue weighted by molar-refractivity contribution is 9.10. The van der Waals surface area contributed by atoms with Crippen molar-refractivity contribution in [3.63, 3.8) is 0 Å². The van der Waals surface area contributed by atoms with Gasteiger partial charge in [0.15, 0.2) is 11.5 Å². The van der Waals surface area contributed by atoms with Crippen molar-refractivity contribution < 1.29 is 18.8 Å². The molecule has 1 amide bonds. The summed E-state index contributed by atoms with van der Waals surface area (Å²) >= 11 is 16.4. The van der Waals surface area contributed by atoms with Gasteiger partial charge < -0.3 is 24.6 Å². The first-order valence-corrected chi connectivity index (χ1v) is 15.9. The second-order valence-electron chi connectivity index (χ2n) is 10.6. The van der Waals surface area contributed by atoms with Crippen molar-refractivity contribution in [1.29, 1.82) is 0 Å². The lowest BCUT2D eigenvalue weighted by Crippen LogP contribution is -2.34. The van der Waals surface area contributed by atoms with Gasteiger partial charge in [-0.2, -0.15) is 0 Å². The molecule has 1 fully saturated rings. The van der Waals surface area contributed by atoms with Gasteiger partial charge >= 0.3 is 0 Å². The largest absolute Gasteiger partial charge is 0.490 e. The van der Waals surface area contributed by atoms with E-state index < -0.39 is 0 Å². The van der Waals surface area contributed by atoms with E-state index in [0.29, 0.717) is 47.7 Å². The van der Waals surface area contributed by atoms with Crippen LogP contribution < -0.4 is 20.1 Å². The number of amides is 1. The summed E-state index contributed by atoms with van der Waals surface area (Å²) in [4.78, 5) is 11.4. The molecule has 2 N–H and O–H groups in total. The minimum absolute atomic E-state index is 0.0427. The Hall–Kier alpha value is -3.04. The molecule has 0 saturated carbocycles. The van der Waals surface area contributed by atoms with Gasteiger partial charge in [0.1, 0.15) is 24.7 Å². The topological polar surface area (TPSA) is 85.6 Å². The van der Waals surface area contributed by atoms with Crippen LogP contribution in [0.5, 0.6) is 11.5 Å². The Labute approximate surface area is 270 Å². The average molecular weight is 687 g/mol. The van der Waals surface area contributed by atoms with E-state index in [2.05, 4.69) is 49.9 Å². The highest BCUT2D eigenvalue weighted by Crippen LogP contribution is 2.43. The molecule has 43 heavy (non-hydrogen) atoms. The number of aromatic nitrogens is 1. The summed E-state index contributed by atoms with van der Waals surface area (Å²) in [6.45, 7) is 6.41. The molecule has 5 rings (SSSR count). The van der Waals surface area contributed by atoms with Gasteiger partial charge in [0.25, 0.3) is 0 Å². The third-order valence-corrected chi connectivity index (χ3v) is 8.90. The van der Waals surface area contributed by atoms with E-state index >= 15 is 0 Å². The van der Waals surface area contributed by atoms with Crippen LogP contribution in [-0.2, 0) is 11.2 Å². The van der Waals surface area contributed by atoms with Crippen LogP contribution in [-0.4, -0.2) is 43.9 Å². The van der Waals surface area contributed by atoms with E-state index in [1.165, 1.54) is 12.5 Å². The molecule has 1 aliphatic heterocycles. The van der Waals surface area contributed by atoms with E-state index in [9.17, 15) is 4.79 Å². The summed E-state index contributed by atoms with van der Waals surface area (Å²) in [6.07, 6.45) is 1.67. The molecule has 4 aromatic rings. The minimum Gasteiger partial charge on any atom is -0.490 e. The first kappa shape index (κ1) is 31.4. The van der Waals surface area contributed by atoms with Gasteiger partial charge in [0.2, 0.25) is 5.91 Å². The lowest BCUT2D eigenvalue weighted by Gasteiger charge is -2.31. The molecule has 2 atom stereocenters. The summed E-state index contributed by atoms with van der Waals surface area (Å²) < 4.78 is 18.5. The molecular formula is C33H34BrCl2N3O4. The van der Waals surface area contributed by atoms with Crippen LogP contribution in [0.3, 0.4) is 0 Å². The quantitative estimate of drug-likeness (QED) is 0.157. The van der Waals surface area contributed by atoms with Crippen molar-refractivity contribution in [2.75, 3.05) is 32.8 Å². The maximum absolute atomic E-state index is 11.4. The van der Waals surface area contributed by atoms with Crippen molar-refractivity contribution in [2.24, 2.45) is 0 Å². The summed E-state index contributed by atoms with van der Waals surface area (Å²) in [5.41, 5.74) is 5.15. The van der Waals surface area contributed by atoms with E-state index in [0.717, 1.165) is 52.1 Å². The molecule has 7 nitrogen and oxygen atoms in total. The molecule has 1 aromatic heterocycles. The second kappa shape index (κ2) is 14.6. The fraction of sp³-hybridized carbons (Fsp3) is 0.333. The van der Waals surface area contributed by atoms with Gasteiger partial charge in [-0.1, -0.05) is 64.8 Å². The van der Waals surface area contributed by atoms with Gasteiger partial charge in [0, 0.05) is 31.5 Å². The number of nitrogens with one attached hydrogen (secondary N) is 2. The van der Waals surface area contributed by atoms with Gasteiger partial charge in [-0.3, -0.25) is 4.79 Å². The lowest BCUT2D eigenvalue weighted by atomic mass is 9.79. The zero-order valence-electron chi connectivity index (χ0n) is 24.1. The number of benzene rings is 3. The zero-order chi connectivity index (χ0) is 30.3. The van der Waals surface area contributed by atoms with E-state index in [4.69, 9.17) is 37.2 Å². The monoisotopic (exact) mass is 685 g/mol. The molecule has 10 heteroatoms. The van der Waals surface area contributed by atoms with Crippen LogP contribution >= 0.6 is 39.1 Å². The average Bonchev–Trinajstić information content (AvgIpc) is 3.37. The molecule has 226 valence electrons. The predicted octanol–water partition coefficient (Wildman–Crippen LogP) is 7.72. The van der Waals surface area contributed by atoms with Crippen LogP contribution in [0.4, 0.5) is 0 Å². The molecule has 1 aliphatic rings. The van der Waals surface area contributed by atoms with E-state index in [-0.39, 0.29) is 17.7 Å². The van der Waals surface area contributed by atoms with Crippen LogP contribution in [0.15, 0.2) is 69.7 Å². The third-order valence-electron chi connectivity index (χ3n) is 7.57. The Kier molecular flexibility index (Phi) is 10.7. The van der Waals surface area contributed by atoms with Crippen LogP contribution in [0.2, 0.25) is 10.0 Å². The molecule has 0 spiro atoms. The Balaban J connectivity index is 1.25. The van der Waals surface area contributed by atoms with Gasteiger partial charge in [0.05, 0.1) is 14.5 Å². The minimum atomic E-state index is -0.0427. The maximum Gasteiger partial charge on any atom is 0.216 e. The van der Waals surface area contributed by atoms with Crippen molar-refractivity contribution in [2.45, 2.75) is 38.5 Å². The molecule has 1 saturated heterocycles. The van der Waals surface area contributed by atoms with Gasteiger partial charge in [-0.15, -0.1) is 0 Å². The van der Waals surface area contributed by atoms with Crippen LogP contribution in [0, 0.1) is 6.92 Å². The number of carbonyl (C=O) groups excluding carboxylic acids is 1. The summed E-state index contributed by atoms with van der Waals surface area (Å²) in [6, 6.07) is 20.0. The van der Waals surface area contributed by atoms with Crippen molar-refractivity contribution in [3.8, 4) is 22.8 Å². The summed E-state index contributed by atoms with van der Waals surface area (Å²) in [7, 11) is 0. The summed E-state index contributed by atoms with van der Waals surface area (Å²) in [5, 5.41) is 11.9. The normalized spacial score (nSPS) is 16.6. The number of rotatable bonds is 11. The SMILES string of the molecule is CC(=O)NCCc1ccccc1-c1onc([C@H]2CNCC[C@@H]2c2ccc(OCCOc3c(Cl)cc(C)cc3Cl)cc2)c1Br. The van der Waals surface area contributed by atoms with E-state index in [1.807, 2.05) is 49.4 Å². The number of ether oxygens (including phenoxy) is 2. The first-order valence-electron chi connectivity index (χ1n) is 14.3. The molecule has 0 radical (unpaired) electrons. The fourth-order valence-electron chi connectivity index (χ4n) is 5.51. The molecule has 3 aromatic carbocycles. The van der Waals surface area contributed by atoms with Gasteiger partial charge in [-0.25, -0.2) is 0 Å². The zero-order valence-corrected chi connectivity index (χ0v) is 27.2. The molecule has 0 aliphatic carbocycles. The smallest absolute Gasteiger partial charge is 0.216 e. The van der Waals surface area contributed by atoms with Crippen LogP contribution in [0.25, 0.3) is 11.3 Å². The van der Waals surface area contributed by atoms with E-state index in [1.54, 1.807) is 0 Å². The highest BCUT2D eigenvalue weighted by atomic mass is 79.9. The number of hydrogen-bond acceptors (Lipinski definition) is 6. The van der Waals surface area contributed by atoms with Crippen molar-refractivity contribution in [3.05, 3.63) is 97.6 Å². The Morgan fingerprint density at radius 3 is 2.53 bits per heavy atom. The molecule has 2 heterocycles. The number of hydrogen-bond donors (Lipinski definition) is 2. The standard InChI is InChI=1S/C33H34BrCl2N3O4/c1-20-17-28(35)33(29(36)18-20)42-16-15-41-24-9-7-23(8-10-24)25-12-13-37-19-27(25)31-30(34)32(43-39-31)26-6-4-3-5-22(26)11-14-38-21(2)40/h3-10,17-18,25,27,37H,11-16,19H2,1-2H3,(H,38,40)/t25-,27+/m1/s1.